The summed E-state index contributed by atoms with van der Waals surface area (Å²) in [4.78, 5) is 62.9. The van der Waals surface area contributed by atoms with Gasteiger partial charge in [0.25, 0.3) is 5.91 Å². The second kappa shape index (κ2) is 11.1. The molecule has 11 nitrogen and oxygen atoms in total. The smallest absolute Gasteiger partial charge is 0.378 e. The molecule has 6 amide bonds. The molecule has 0 aromatic heterocycles. The zero-order chi connectivity index (χ0) is 25.9. The van der Waals surface area contributed by atoms with Gasteiger partial charge in [-0.05, 0) is 49.3 Å². The number of amides is 6. The number of imide groups is 1. The first kappa shape index (κ1) is 25.6. The van der Waals surface area contributed by atoms with Crippen molar-refractivity contribution in [1.82, 2.24) is 24.7 Å². The van der Waals surface area contributed by atoms with Crippen molar-refractivity contribution in [2.75, 3.05) is 59.0 Å². The summed E-state index contributed by atoms with van der Waals surface area (Å²) in [6.07, 6.45) is 2.93. The number of likely N-dealkylation sites (tertiary alicyclic amines) is 1. The average molecular weight is 534 g/mol. The third-order valence-corrected chi connectivity index (χ3v) is 7.89. The number of ether oxygens (including phenoxy) is 1. The van der Waals surface area contributed by atoms with Gasteiger partial charge in [0.15, 0.2) is 0 Å². The fourth-order valence-electron chi connectivity index (χ4n) is 5.34. The number of piperazine rings is 1. The second-order valence-electron chi connectivity index (χ2n) is 9.91. The molecule has 1 aromatic rings. The van der Waals surface area contributed by atoms with E-state index >= 15 is 0 Å². The molecular weight excluding hydrogens is 502 g/mol. The summed E-state index contributed by atoms with van der Waals surface area (Å²) in [5.74, 6) is -0.130. The molecule has 0 spiro atoms. The summed E-state index contributed by atoms with van der Waals surface area (Å²) in [6, 6.07) is 6.18. The minimum absolute atomic E-state index is 0.0772. The van der Waals surface area contributed by atoms with Gasteiger partial charge < -0.3 is 29.2 Å². The van der Waals surface area contributed by atoms with E-state index in [1.807, 2.05) is 24.3 Å². The van der Waals surface area contributed by atoms with Crippen molar-refractivity contribution in [2.24, 2.45) is 5.92 Å². The number of fused-ring (bicyclic) bond motifs is 1. The Labute approximate surface area is 220 Å². The Bertz CT molecular complexity index is 1020. The van der Waals surface area contributed by atoms with Gasteiger partial charge in [-0.2, -0.15) is 0 Å². The number of rotatable bonds is 4. The van der Waals surface area contributed by atoms with E-state index in [0.717, 1.165) is 30.7 Å². The fraction of sp³-hybridized carbons (Fsp3) is 0.600. The first-order valence-electron chi connectivity index (χ1n) is 12.9. The lowest BCUT2D eigenvalue weighted by Gasteiger charge is -2.38. The van der Waals surface area contributed by atoms with Crippen molar-refractivity contribution in [3.63, 3.8) is 0 Å². The summed E-state index contributed by atoms with van der Waals surface area (Å²) < 4.78 is 5.30. The Hall–Kier alpha value is -3.05. The molecule has 0 bridgehead atoms. The minimum Gasteiger partial charge on any atom is -0.378 e. The Balaban J connectivity index is 1.10. The van der Waals surface area contributed by atoms with E-state index in [0.29, 0.717) is 56.9 Å². The molecular formula is C25H32ClN5O6. The molecule has 4 aliphatic heterocycles. The Morgan fingerprint density at radius 3 is 2.32 bits per heavy atom. The largest absolute Gasteiger partial charge is 0.434 e. The number of aryl methyl sites for hydroxylation is 1. The molecule has 37 heavy (non-hydrogen) atoms. The van der Waals surface area contributed by atoms with Crippen LogP contribution in [0.5, 0.6) is 0 Å². The predicted octanol–water partition coefficient (Wildman–Crippen LogP) is 2.44. The quantitative estimate of drug-likeness (QED) is 0.551. The van der Waals surface area contributed by atoms with Crippen LogP contribution in [0.3, 0.4) is 0 Å². The van der Waals surface area contributed by atoms with Gasteiger partial charge in [0.2, 0.25) is 0 Å². The normalized spacial score (nSPS) is 22.9. The van der Waals surface area contributed by atoms with Crippen LogP contribution in [0.1, 0.15) is 24.8 Å². The van der Waals surface area contributed by atoms with Crippen molar-refractivity contribution in [3.05, 3.63) is 34.9 Å². The third-order valence-electron chi connectivity index (χ3n) is 7.63. The molecule has 1 aromatic carbocycles. The van der Waals surface area contributed by atoms with Crippen molar-refractivity contribution < 1.29 is 28.8 Å². The number of halogens is 1. The SMILES string of the molecule is O=C(ON1C(=O)[C@H]2CN(C(=O)N3CCOCC3)CCN2C1=O)N1CCC(CCc2ccc(Cl)cc2)CC1. The van der Waals surface area contributed by atoms with Gasteiger partial charge in [-0.15, -0.1) is 0 Å². The maximum absolute atomic E-state index is 13.0. The van der Waals surface area contributed by atoms with E-state index in [1.165, 1.54) is 10.5 Å². The molecule has 4 fully saturated rings. The van der Waals surface area contributed by atoms with E-state index in [9.17, 15) is 19.2 Å². The van der Waals surface area contributed by atoms with Crippen LogP contribution in [0.25, 0.3) is 0 Å². The number of morpholine rings is 1. The van der Waals surface area contributed by atoms with Crippen molar-refractivity contribution in [2.45, 2.75) is 31.7 Å². The molecule has 0 saturated carbocycles. The molecule has 0 unspecified atom stereocenters. The molecule has 1 atom stereocenters. The summed E-state index contributed by atoms with van der Waals surface area (Å²) >= 11 is 5.95. The highest BCUT2D eigenvalue weighted by Gasteiger charge is 2.51. The van der Waals surface area contributed by atoms with Crippen molar-refractivity contribution in [3.8, 4) is 0 Å². The van der Waals surface area contributed by atoms with Crippen LogP contribution >= 0.6 is 11.6 Å². The number of hydrogen-bond donors (Lipinski definition) is 0. The number of carbonyl (C=O) groups excluding carboxylic acids is 4. The van der Waals surface area contributed by atoms with Crippen LogP contribution in [0.2, 0.25) is 5.02 Å². The molecule has 4 saturated heterocycles. The van der Waals surface area contributed by atoms with Gasteiger partial charge in [0, 0.05) is 44.3 Å². The second-order valence-corrected chi connectivity index (χ2v) is 10.3. The lowest BCUT2D eigenvalue weighted by molar-refractivity contribution is -0.152. The molecule has 0 radical (unpaired) electrons. The van der Waals surface area contributed by atoms with Gasteiger partial charge in [-0.1, -0.05) is 28.8 Å². The summed E-state index contributed by atoms with van der Waals surface area (Å²) in [5, 5.41) is 1.29. The van der Waals surface area contributed by atoms with E-state index < -0.39 is 24.1 Å². The predicted molar refractivity (Wildman–Crippen MR) is 133 cm³/mol. The summed E-state index contributed by atoms with van der Waals surface area (Å²) in [6.45, 7) is 3.58. The molecule has 0 N–H and O–H groups in total. The van der Waals surface area contributed by atoms with Gasteiger partial charge in [0.1, 0.15) is 6.04 Å². The number of benzene rings is 1. The lowest BCUT2D eigenvalue weighted by atomic mass is 9.91. The molecule has 4 heterocycles. The highest BCUT2D eigenvalue weighted by Crippen LogP contribution is 2.26. The van der Waals surface area contributed by atoms with Gasteiger partial charge in [-0.25, -0.2) is 14.4 Å². The van der Waals surface area contributed by atoms with E-state index in [-0.39, 0.29) is 19.1 Å². The molecule has 0 aliphatic carbocycles. The van der Waals surface area contributed by atoms with Crippen LogP contribution in [-0.4, -0.2) is 114 Å². The first-order valence-corrected chi connectivity index (χ1v) is 13.3. The Kier molecular flexibility index (Phi) is 7.71. The Morgan fingerprint density at radius 1 is 0.919 bits per heavy atom. The van der Waals surface area contributed by atoms with Gasteiger partial charge >= 0.3 is 18.2 Å². The minimum atomic E-state index is -0.849. The topological polar surface area (TPSA) is 103 Å². The lowest BCUT2D eigenvalue weighted by Crippen LogP contribution is -2.58. The average Bonchev–Trinajstić information content (AvgIpc) is 3.17. The highest BCUT2D eigenvalue weighted by atomic mass is 35.5. The van der Waals surface area contributed by atoms with Crippen LogP contribution in [-0.2, 0) is 20.8 Å². The Morgan fingerprint density at radius 2 is 1.62 bits per heavy atom. The monoisotopic (exact) mass is 533 g/mol. The zero-order valence-electron chi connectivity index (χ0n) is 20.7. The molecule has 4 aliphatic rings. The number of piperidine rings is 1. The maximum Gasteiger partial charge on any atom is 0.434 e. The maximum atomic E-state index is 13.0. The van der Waals surface area contributed by atoms with Gasteiger partial charge in [-0.3, -0.25) is 4.79 Å². The molecule has 12 heteroatoms. The third kappa shape index (κ3) is 5.62. The van der Waals surface area contributed by atoms with Crippen LogP contribution in [0.15, 0.2) is 24.3 Å². The first-order chi connectivity index (χ1) is 17.9. The van der Waals surface area contributed by atoms with Crippen molar-refractivity contribution >= 4 is 35.7 Å². The fourth-order valence-corrected chi connectivity index (χ4v) is 5.47. The van der Waals surface area contributed by atoms with E-state index in [1.54, 1.807) is 14.7 Å². The summed E-state index contributed by atoms with van der Waals surface area (Å²) in [5.41, 5.74) is 1.24. The van der Waals surface area contributed by atoms with Gasteiger partial charge in [0.05, 0.1) is 19.8 Å². The zero-order valence-corrected chi connectivity index (χ0v) is 21.5. The van der Waals surface area contributed by atoms with Crippen LogP contribution < -0.4 is 0 Å². The number of nitrogens with zero attached hydrogens (tertiary/aromatic N) is 5. The number of hydrogen-bond acceptors (Lipinski definition) is 6. The molecule has 5 rings (SSSR count). The number of carbonyl (C=O) groups is 4. The number of hydroxylamine groups is 2. The van der Waals surface area contributed by atoms with Crippen LogP contribution in [0.4, 0.5) is 14.4 Å². The molecule has 200 valence electrons. The summed E-state index contributed by atoms with van der Waals surface area (Å²) in [7, 11) is 0. The van der Waals surface area contributed by atoms with E-state index in [4.69, 9.17) is 21.2 Å². The standard InChI is InChI=1S/C25H32ClN5O6/c26-20-5-3-18(4-6-20)1-2-19-7-9-28(10-8-19)25(35)37-31-22(32)21-17-29(11-12-30(21)24(31)34)23(33)27-13-15-36-16-14-27/h3-6,19,21H,1-2,7-17H2/t21-/m1/s1. The van der Waals surface area contributed by atoms with E-state index in [2.05, 4.69) is 0 Å². The van der Waals surface area contributed by atoms with Crippen LogP contribution in [0, 0.1) is 5.92 Å². The highest BCUT2D eigenvalue weighted by molar-refractivity contribution is 6.30. The number of urea groups is 2. The van der Waals surface area contributed by atoms with Crippen molar-refractivity contribution in [1.29, 1.82) is 0 Å².